The normalized spacial score (nSPS) is 20.4. The van der Waals surface area contributed by atoms with Gasteiger partial charge >= 0.3 is 12.0 Å². The SMILES string of the molecule is COC(=O)C1=C(CN2CCN3C(=O)N(c4ccc(N[C@H](C(C)=O)C(C)C)cc4)C[C@@H]3C2)NC(c2nccs2)=N[C@H]1c1ccc(F)cc1Cl. The Labute approximate surface area is 287 Å². The second kappa shape index (κ2) is 14.0. The minimum absolute atomic E-state index is 0.0568. The van der Waals surface area contributed by atoms with Crippen LogP contribution in [0.5, 0.6) is 0 Å². The van der Waals surface area contributed by atoms with Crippen LogP contribution in [-0.2, 0) is 14.3 Å². The van der Waals surface area contributed by atoms with Crippen LogP contribution in [0.4, 0.5) is 20.6 Å². The fraction of sp³-hybridized carbons (Fsp3) is 0.382. The number of carbonyl (C=O) groups excluding carboxylic acids is 3. The van der Waals surface area contributed by atoms with Crippen LogP contribution in [0.15, 0.2) is 70.3 Å². The fourth-order valence-electron chi connectivity index (χ4n) is 6.48. The summed E-state index contributed by atoms with van der Waals surface area (Å²) in [5, 5.41) is 9.24. The summed E-state index contributed by atoms with van der Waals surface area (Å²) in [6, 6.07) is 10.3. The van der Waals surface area contributed by atoms with Gasteiger partial charge in [0.2, 0.25) is 0 Å². The number of Topliss-reactive ketones (excluding diaryl/α,β-unsaturated/α-hetero) is 1. The van der Waals surface area contributed by atoms with E-state index in [9.17, 15) is 18.8 Å². The molecular formula is C34H37ClFN7O4S. The molecule has 252 valence electrons. The van der Waals surface area contributed by atoms with E-state index < -0.39 is 17.8 Å². The molecule has 2 saturated heterocycles. The lowest BCUT2D eigenvalue weighted by atomic mass is 9.95. The Hall–Kier alpha value is -4.33. The summed E-state index contributed by atoms with van der Waals surface area (Å²) in [5.74, 6) is -0.387. The number of nitrogens with one attached hydrogen (secondary N) is 2. The predicted molar refractivity (Wildman–Crippen MR) is 184 cm³/mol. The highest BCUT2D eigenvalue weighted by atomic mass is 35.5. The molecular weight excluding hydrogens is 657 g/mol. The number of halogens is 2. The second-order valence-electron chi connectivity index (χ2n) is 12.4. The molecule has 2 aromatic carbocycles. The first-order chi connectivity index (χ1) is 23.0. The van der Waals surface area contributed by atoms with E-state index in [1.54, 1.807) is 18.0 Å². The van der Waals surface area contributed by atoms with Gasteiger partial charge in [0.05, 0.1) is 24.8 Å². The first-order valence-electron chi connectivity index (χ1n) is 15.7. The third kappa shape index (κ3) is 6.80. The molecule has 3 aliphatic heterocycles. The number of carbonyl (C=O) groups is 3. The molecule has 3 aliphatic rings. The molecule has 0 unspecified atom stereocenters. The Morgan fingerprint density at radius 2 is 1.94 bits per heavy atom. The van der Waals surface area contributed by atoms with Crippen molar-refractivity contribution >= 4 is 57.9 Å². The van der Waals surface area contributed by atoms with E-state index in [0.717, 1.165) is 11.4 Å². The number of benzene rings is 2. The minimum Gasteiger partial charge on any atom is -0.466 e. The fourth-order valence-corrected chi connectivity index (χ4v) is 7.34. The van der Waals surface area contributed by atoms with Gasteiger partial charge in [0.25, 0.3) is 0 Å². The van der Waals surface area contributed by atoms with Crippen LogP contribution in [-0.4, -0.2) is 90.3 Å². The molecule has 14 heteroatoms. The predicted octanol–water partition coefficient (Wildman–Crippen LogP) is 5.11. The van der Waals surface area contributed by atoms with Gasteiger partial charge in [-0.2, -0.15) is 0 Å². The third-order valence-electron chi connectivity index (χ3n) is 8.85. The number of amides is 2. The third-order valence-corrected chi connectivity index (χ3v) is 9.95. The van der Waals surface area contributed by atoms with Crippen LogP contribution in [0.25, 0.3) is 0 Å². The lowest BCUT2D eigenvalue weighted by Gasteiger charge is -2.38. The number of aliphatic imine (C=N–C) groups is 1. The van der Waals surface area contributed by atoms with Crippen LogP contribution < -0.4 is 15.5 Å². The van der Waals surface area contributed by atoms with E-state index in [0.29, 0.717) is 54.8 Å². The number of amidine groups is 1. The van der Waals surface area contributed by atoms with Crippen molar-refractivity contribution in [2.24, 2.45) is 10.9 Å². The van der Waals surface area contributed by atoms with Gasteiger partial charge in [0.1, 0.15) is 11.9 Å². The molecule has 2 N–H and O–H groups in total. The average Bonchev–Trinajstić information content (AvgIpc) is 3.71. The number of nitrogens with zero attached hydrogens (tertiary/aromatic N) is 5. The highest BCUT2D eigenvalue weighted by Gasteiger charge is 2.42. The molecule has 4 heterocycles. The van der Waals surface area contributed by atoms with Gasteiger partial charge in [-0.3, -0.25) is 19.6 Å². The Balaban J connectivity index is 1.22. The number of ether oxygens (including phenoxy) is 1. The Bertz CT molecular complexity index is 1770. The number of hydrogen-bond donors (Lipinski definition) is 2. The van der Waals surface area contributed by atoms with Crippen molar-refractivity contribution < 1.29 is 23.5 Å². The van der Waals surface area contributed by atoms with Gasteiger partial charge in [0.15, 0.2) is 16.6 Å². The van der Waals surface area contributed by atoms with Crippen molar-refractivity contribution in [3.8, 4) is 0 Å². The maximum atomic E-state index is 14.0. The van der Waals surface area contributed by atoms with Crippen LogP contribution in [0.2, 0.25) is 5.02 Å². The zero-order chi connectivity index (χ0) is 34.1. The monoisotopic (exact) mass is 693 g/mol. The van der Waals surface area contributed by atoms with Crippen LogP contribution >= 0.6 is 22.9 Å². The maximum Gasteiger partial charge on any atom is 0.338 e. The highest BCUT2D eigenvalue weighted by Crippen LogP contribution is 2.37. The molecule has 0 spiro atoms. The highest BCUT2D eigenvalue weighted by molar-refractivity contribution is 7.11. The zero-order valence-corrected chi connectivity index (χ0v) is 28.6. The topological polar surface area (TPSA) is 119 Å². The molecule has 48 heavy (non-hydrogen) atoms. The van der Waals surface area contributed by atoms with Crippen molar-refractivity contribution in [1.82, 2.24) is 20.1 Å². The summed E-state index contributed by atoms with van der Waals surface area (Å²) >= 11 is 7.89. The van der Waals surface area contributed by atoms with Gasteiger partial charge in [-0.15, -0.1) is 11.3 Å². The van der Waals surface area contributed by atoms with E-state index in [1.165, 1.54) is 36.6 Å². The lowest BCUT2D eigenvalue weighted by molar-refractivity contribution is -0.136. The largest absolute Gasteiger partial charge is 0.466 e. The number of urea groups is 1. The quantitative estimate of drug-likeness (QED) is 0.282. The van der Waals surface area contributed by atoms with E-state index in [2.05, 4.69) is 20.5 Å². The number of fused-ring (bicyclic) bond motifs is 1. The van der Waals surface area contributed by atoms with Gasteiger partial charge in [-0.05, 0) is 49.2 Å². The van der Waals surface area contributed by atoms with Crippen LogP contribution in [0.1, 0.15) is 37.4 Å². The minimum atomic E-state index is -0.853. The molecule has 6 rings (SSSR count). The Kier molecular flexibility index (Phi) is 9.81. The number of rotatable bonds is 10. The molecule has 3 atom stereocenters. The number of aromatic nitrogens is 1. The summed E-state index contributed by atoms with van der Waals surface area (Å²) in [4.78, 5) is 54.0. The summed E-state index contributed by atoms with van der Waals surface area (Å²) in [6.45, 7) is 8.08. The first kappa shape index (κ1) is 33.6. The number of piperazine rings is 1. The molecule has 0 aliphatic carbocycles. The molecule has 0 saturated carbocycles. The smallest absolute Gasteiger partial charge is 0.338 e. The Morgan fingerprint density at radius 3 is 2.58 bits per heavy atom. The number of ketones is 1. The van der Waals surface area contributed by atoms with Crippen molar-refractivity contribution in [1.29, 1.82) is 0 Å². The lowest BCUT2D eigenvalue weighted by Crippen LogP contribution is -2.53. The van der Waals surface area contributed by atoms with E-state index >= 15 is 0 Å². The van der Waals surface area contributed by atoms with Gasteiger partial charge < -0.3 is 20.3 Å². The summed E-state index contributed by atoms with van der Waals surface area (Å²) < 4.78 is 19.2. The molecule has 11 nitrogen and oxygen atoms in total. The first-order valence-corrected chi connectivity index (χ1v) is 17.0. The standard InChI is InChI=1S/C34H37ClFN7O4S/c1-19(2)29(20(3)44)38-22-6-8-23(9-7-22)43-17-24-16-41(12-13-42(24)34(43)46)18-27-28(33(45)47-4)30(25-10-5-21(36)15-26(25)35)40-31(39-27)32-37-11-14-48-32/h5-11,14-15,19,24,29-30,38H,12-13,16-18H2,1-4H3,(H,39,40)/t24-,29-,30-/m0/s1. The van der Waals surface area contributed by atoms with Crippen molar-refractivity contribution in [3.63, 3.8) is 0 Å². The van der Waals surface area contributed by atoms with E-state index in [-0.39, 0.29) is 40.4 Å². The summed E-state index contributed by atoms with van der Waals surface area (Å²) in [5.41, 5.74) is 2.92. The van der Waals surface area contributed by atoms with E-state index in [4.69, 9.17) is 21.3 Å². The maximum absolute atomic E-state index is 14.0. The van der Waals surface area contributed by atoms with Crippen molar-refractivity contribution in [3.05, 3.63) is 86.7 Å². The molecule has 2 fully saturated rings. The number of methoxy groups -OCH3 is 1. The average molecular weight is 694 g/mol. The van der Waals surface area contributed by atoms with Gasteiger partial charge in [-0.1, -0.05) is 31.5 Å². The van der Waals surface area contributed by atoms with Crippen LogP contribution in [0.3, 0.4) is 0 Å². The molecule has 2 amide bonds. The molecule has 1 aromatic heterocycles. The number of anilines is 2. The summed E-state index contributed by atoms with van der Waals surface area (Å²) in [7, 11) is 1.31. The molecule has 0 radical (unpaired) electrons. The second-order valence-corrected chi connectivity index (χ2v) is 13.7. The molecule has 3 aromatic rings. The van der Waals surface area contributed by atoms with Crippen molar-refractivity contribution in [2.75, 3.05) is 50.1 Å². The number of thiazole rings is 1. The summed E-state index contributed by atoms with van der Waals surface area (Å²) in [6.07, 6.45) is 1.67. The number of hydrogen-bond acceptors (Lipinski definition) is 10. The van der Waals surface area contributed by atoms with Crippen molar-refractivity contribution in [2.45, 2.75) is 38.9 Å². The van der Waals surface area contributed by atoms with Gasteiger partial charge in [-0.25, -0.2) is 19.0 Å². The number of esters is 1. The Morgan fingerprint density at radius 1 is 1.17 bits per heavy atom. The van der Waals surface area contributed by atoms with Gasteiger partial charge in [0, 0.05) is 72.0 Å². The van der Waals surface area contributed by atoms with E-state index in [1.807, 2.05) is 48.4 Å². The zero-order valence-electron chi connectivity index (χ0n) is 27.1. The molecule has 0 bridgehead atoms. The van der Waals surface area contributed by atoms with Crippen LogP contribution in [0, 0.1) is 11.7 Å².